The molecular formula is C15H20O4. The Morgan fingerprint density at radius 2 is 1.95 bits per heavy atom. The van der Waals surface area contributed by atoms with Crippen LogP contribution in [-0.2, 0) is 25.6 Å². The SMILES string of the molecule is CC(=O)[C@@H]1OC(C)(C)OC1COCc1ccccc1. The molecule has 1 aromatic carbocycles. The van der Waals surface area contributed by atoms with Gasteiger partial charge in [-0.15, -0.1) is 0 Å². The van der Waals surface area contributed by atoms with Crippen LogP contribution < -0.4 is 0 Å². The molecule has 0 N–H and O–H groups in total. The second-order valence-electron chi connectivity index (χ2n) is 5.21. The monoisotopic (exact) mass is 264 g/mol. The van der Waals surface area contributed by atoms with Crippen molar-refractivity contribution in [1.29, 1.82) is 0 Å². The Morgan fingerprint density at radius 3 is 2.58 bits per heavy atom. The Hall–Kier alpha value is -1.23. The first-order valence-corrected chi connectivity index (χ1v) is 6.46. The molecule has 104 valence electrons. The maximum absolute atomic E-state index is 11.5. The molecule has 4 nitrogen and oxygen atoms in total. The van der Waals surface area contributed by atoms with Gasteiger partial charge in [0.2, 0.25) is 0 Å². The van der Waals surface area contributed by atoms with Crippen molar-refractivity contribution in [2.45, 2.75) is 45.4 Å². The topological polar surface area (TPSA) is 44.8 Å². The molecule has 1 aromatic rings. The number of carbonyl (C=O) groups excluding carboxylic acids is 1. The van der Waals surface area contributed by atoms with Crippen LogP contribution in [0.15, 0.2) is 30.3 Å². The van der Waals surface area contributed by atoms with Crippen molar-refractivity contribution < 1.29 is 19.0 Å². The molecule has 0 radical (unpaired) electrons. The standard InChI is InChI=1S/C15H20O4/c1-11(16)14-13(18-15(2,3)19-14)10-17-9-12-7-5-4-6-8-12/h4-8,13-14H,9-10H2,1-3H3/t13?,14-/m0/s1. The fraction of sp³-hybridized carbons (Fsp3) is 0.533. The van der Waals surface area contributed by atoms with E-state index in [1.54, 1.807) is 13.8 Å². The summed E-state index contributed by atoms with van der Waals surface area (Å²) in [7, 11) is 0. The quantitative estimate of drug-likeness (QED) is 0.818. The number of carbonyl (C=O) groups is 1. The molecule has 0 spiro atoms. The summed E-state index contributed by atoms with van der Waals surface area (Å²) in [6, 6.07) is 9.90. The Morgan fingerprint density at radius 1 is 1.26 bits per heavy atom. The number of Topliss-reactive ketones (excluding diaryl/α,β-unsaturated/α-hetero) is 1. The van der Waals surface area contributed by atoms with E-state index in [-0.39, 0.29) is 11.9 Å². The Balaban J connectivity index is 1.86. The van der Waals surface area contributed by atoms with Gasteiger partial charge in [-0.25, -0.2) is 0 Å². The van der Waals surface area contributed by atoms with E-state index >= 15 is 0 Å². The van der Waals surface area contributed by atoms with E-state index in [2.05, 4.69) is 0 Å². The minimum absolute atomic E-state index is 0.0288. The predicted octanol–water partition coefficient (Wildman–Crippen LogP) is 2.31. The third-order valence-electron chi connectivity index (χ3n) is 2.98. The minimum Gasteiger partial charge on any atom is -0.374 e. The second kappa shape index (κ2) is 5.82. The van der Waals surface area contributed by atoms with E-state index in [1.165, 1.54) is 6.92 Å². The van der Waals surface area contributed by atoms with Crippen molar-refractivity contribution in [3.05, 3.63) is 35.9 Å². The molecule has 0 amide bonds. The van der Waals surface area contributed by atoms with Crippen LogP contribution in [0.3, 0.4) is 0 Å². The van der Waals surface area contributed by atoms with Gasteiger partial charge in [-0.3, -0.25) is 4.79 Å². The van der Waals surface area contributed by atoms with Crippen molar-refractivity contribution in [1.82, 2.24) is 0 Å². The van der Waals surface area contributed by atoms with E-state index in [9.17, 15) is 4.79 Å². The average Bonchev–Trinajstić information content (AvgIpc) is 2.66. The summed E-state index contributed by atoms with van der Waals surface area (Å²) in [5, 5.41) is 0. The van der Waals surface area contributed by atoms with E-state index < -0.39 is 11.9 Å². The molecule has 1 fully saturated rings. The van der Waals surface area contributed by atoms with Crippen molar-refractivity contribution in [3.8, 4) is 0 Å². The van der Waals surface area contributed by atoms with Crippen molar-refractivity contribution >= 4 is 5.78 Å². The summed E-state index contributed by atoms with van der Waals surface area (Å²) in [6.07, 6.45) is -0.873. The van der Waals surface area contributed by atoms with Crippen LogP contribution in [0, 0.1) is 0 Å². The summed E-state index contributed by atoms with van der Waals surface area (Å²) >= 11 is 0. The number of hydrogen-bond acceptors (Lipinski definition) is 4. The van der Waals surface area contributed by atoms with E-state index in [4.69, 9.17) is 14.2 Å². The van der Waals surface area contributed by atoms with E-state index in [1.807, 2.05) is 30.3 Å². The van der Waals surface area contributed by atoms with Gasteiger partial charge in [0.1, 0.15) is 12.2 Å². The lowest BCUT2D eigenvalue weighted by atomic mass is 10.1. The molecule has 1 heterocycles. The molecule has 2 rings (SSSR count). The predicted molar refractivity (Wildman–Crippen MR) is 70.6 cm³/mol. The van der Waals surface area contributed by atoms with Gasteiger partial charge in [-0.1, -0.05) is 30.3 Å². The normalized spacial score (nSPS) is 25.4. The molecule has 0 aliphatic carbocycles. The van der Waals surface area contributed by atoms with Gasteiger partial charge in [0.05, 0.1) is 13.2 Å². The molecule has 1 aliphatic rings. The fourth-order valence-electron chi connectivity index (χ4n) is 2.17. The smallest absolute Gasteiger partial charge is 0.164 e. The third-order valence-corrected chi connectivity index (χ3v) is 2.98. The van der Waals surface area contributed by atoms with Gasteiger partial charge in [0, 0.05) is 0 Å². The Bertz CT molecular complexity index is 427. The highest BCUT2D eigenvalue weighted by atomic mass is 16.8. The van der Waals surface area contributed by atoms with Crippen molar-refractivity contribution in [2.24, 2.45) is 0 Å². The van der Waals surface area contributed by atoms with Gasteiger partial charge < -0.3 is 14.2 Å². The van der Waals surface area contributed by atoms with Crippen LogP contribution in [0.1, 0.15) is 26.3 Å². The zero-order chi connectivity index (χ0) is 13.9. The zero-order valence-electron chi connectivity index (χ0n) is 11.6. The van der Waals surface area contributed by atoms with Crippen molar-refractivity contribution in [3.63, 3.8) is 0 Å². The van der Waals surface area contributed by atoms with Gasteiger partial charge in [-0.05, 0) is 26.3 Å². The first-order chi connectivity index (χ1) is 8.98. The van der Waals surface area contributed by atoms with Crippen LogP contribution in [-0.4, -0.2) is 30.4 Å². The van der Waals surface area contributed by atoms with E-state index in [0.717, 1.165) is 5.56 Å². The number of benzene rings is 1. The summed E-state index contributed by atoms with van der Waals surface area (Å²) in [5.41, 5.74) is 1.10. The fourth-order valence-corrected chi connectivity index (χ4v) is 2.17. The highest BCUT2D eigenvalue weighted by molar-refractivity contribution is 5.81. The number of rotatable bonds is 5. The number of ether oxygens (including phenoxy) is 3. The highest BCUT2D eigenvalue weighted by Crippen LogP contribution is 2.28. The molecule has 19 heavy (non-hydrogen) atoms. The molecule has 0 saturated carbocycles. The van der Waals surface area contributed by atoms with Gasteiger partial charge in [0.15, 0.2) is 11.6 Å². The number of hydrogen-bond donors (Lipinski definition) is 0. The lowest BCUT2D eigenvalue weighted by Crippen LogP contribution is -2.33. The van der Waals surface area contributed by atoms with Crippen LogP contribution in [0.5, 0.6) is 0 Å². The van der Waals surface area contributed by atoms with Crippen LogP contribution in [0.2, 0.25) is 0 Å². The summed E-state index contributed by atoms with van der Waals surface area (Å²) in [6.45, 7) is 5.98. The van der Waals surface area contributed by atoms with Gasteiger partial charge in [0.25, 0.3) is 0 Å². The maximum atomic E-state index is 11.5. The molecular weight excluding hydrogens is 244 g/mol. The molecule has 2 atom stereocenters. The van der Waals surface area contributed by atoms with Crippen LogP contribution in [0.4, 0.5) is 0 Å². The second-order valence-corrected chi connectivity index (χ2v) is 5.21. The minimum atomic E-state index is -0.725. The summed E-state index contributed by atoms with van der Waals surface area (Å²) in [4.78, 5) is 11.5. The van der Waals surface area contributed by atoms with Gasteiger partial charge >= 0.3 is 0 Å². The molecule has 0 aromatic heterocycles. The largest absolute Gasteiger partial charge is 0.374 e. The molecule has 1 aliphatic heterocycles. The first kappa shape index (κ1) is 14.2. The highest BCUT2D eigenvalue weighted by Gasteiger charge is 2.43. The van der Waals surface area contributed by atoms with Gasteiger partial charge in [-0.2, -0.15) is 0 Å². The lowest BCUT2D eigenvalue weighted by molar-refractivity contribution is -0.156. The molecule has 1 unspecified atom stereocenters. The Labute approximate surface area is 113 Å². The number of ketones is 1. The molecule has 4 heteroatoms. The maximum Gasteiger partial charge on any atom is 0.164 e. The van der Waals surface area contributed by atoms with E-state index in [0.29, 0.717) is 13.2 Å². The summed E-state index contributed by atoms with van der Waals surface area (Å²) in [5.74, 6) is -0.754. The third kappa shape index (κ3) is 3.86. The van der Waals surface area contributed by atoms with Crippen LogP contribution >= 0.6 is 0 Å². The molecule has 0 bridgehead atoms. The first-order valence-electron chi connectivity index (χ1n) is 6.46. The van der Waals surface area contributed by atoms with Crippen LogP contribution in [0.25, 0.3) is 0 Å². The lowest BCUT2D eigenvalue weighted by Gasteiger charge is -2.16. The molecule has 1 saturated heterocycles. The average molecular weight is 264 g/mol. The Kier molecular flexibility index (Phi) is 4.34. The zero-order valence-corrected chi connectivity index (χ0v) is 11.6. The van der Waals surface area contributed by atoms with Crippen molar-refractivity contribution in [2.75, 3.05) is 6.61 Å². The summed E-state index contributed by atoms with van der Waals surface area (Å²) < 4.78 is 16.9.